The number of nitrogens with one attached hydrogen (secondary N) is 2. The molecule has 1 aliphatic heterocycles. The van der Waals surface area contributed by atoms with Crippen molar-refractivity contribution in [1.82, 2.24) is 20.3 Å². The Morgan fingerprint density at radius 2 is 1.92 bits per heavy atom. The van der Waals surface area contributed by atoms with Crippen LogP contribution in [0.25, 0.3) is 0 Å². The number of hydrogen-bond donors (Lipinski definition) is 2. The number of nitrogens with zero attached hydrogens (tertiary/aromatic N) is 3. The Labute approximate surface area is 205 Å². The van der Waals surface area contributed by atoms with Crippen LogP contribution in [-0.4, -0.2) is 39.9 Å². The van der Waals surface area contributed by atoms with E-state index < -0.39 is 22.7 Å². The number of alkyl halides is 2. The van der Waals surface area contributed by atoms with Crippen LogP contribution >= 0.6 is 0 Å². The molecule has 0 bridgehead atoms. The number of hydrogen-bond acceptors (Lipinski definition) is 7. The quantitative estimate of drug-likeness (QED) is 0.426. The monoisotopic (exact) mass is 499 g/mol. The maximum Gasteiger partial charge on any atom is 0.272 e. The van der Waals surface area contributed by atoms with E-state index in [1.807, 2.05) is 0 Å². The highest BCUT2D eigenvalue weighted by Crippen LogP contribution is 2.36. The highest BCUT2D eigenvalue weighted by atomic mass is 19.3. The first-order valence-corrected chi connectivity index (χ1v) is 11.2. The van der Waals surface area contributed by atoms with Crippen molar-refractivity contribution in [2.45, 2.75) is 32.2 Å². The molecule has 4 rings (SSSR count). The number of anilines is 2. The van der Waals surface area contributed by atoms with Crippen molar-refractivity contribution in [2.75, 3.05) is 18.5 Å². The molecule has 11 heteroatoms. The lowest BCUT2D eigenvalue weighted by Crippen LogP contribution is -2.42. The first-order chi connectivity index (χ1) is 17.2. The van der Waals surface area contributed by atoms with Crippen LogP contribution in [0.4, 0.5) is 24.5 Å². The second-order valence-corrected chi connectivity index (χ2v) is 8.71. The van der Waals surface area contributed by atoms with Gasteiger partial charge in [0.15, 0.2) is 5.78 Å². The molecular formula is C25H24F3N5O3. The van der Waals surface area contributed by atoms with Gasteiger partial charge in [-0.25, -0.2) is 23.1 Å². The van der Waals surface area contributed by atoms with Crippen molar-refractivity contribution >= 4 is 23.1 Å². The maximum absolute atomic E-state index is 14.2. The molecule has 2 aromatic heterocycles. The average Bonchev–Trinajstić information content (AvgIpc) is 3.34. The van der Waals surface area contributed by atoms with Gasteiger partial charge < -0.3 is 15.4 Å². The average molecular weight is 499 g/mol. The summed E-state index contributed by atoms with van der Waals surface area (Å²) in [7, 11) is 0. The number of benzene rings is 1. The molecule has 0 spiro atoms. The van der Waals surface area contributed by atoms with E-state index in [-0.39, 0.29) is 37.0 Å². The lowest BCUT2D eigenvalue weighted by molar-refractivity contribution is -0.131. The van der Waals surface area contributed by atoms with Gasteiger partial charge in [-0.1, -0.05) is 12.1 Å². The Morgan fingerprint density at radius 1 is 1.14 bits per heavy atom. The van der Waals surface area contributed by atoms with E-state index in [0.29, 0.717) is 36.9 Å². The number of rotatable bonds is 9. The zero-order valence-corrected chi connectivity index (χ0v) is 19.4. The number of ketones is 1. The molecule has 0 aliphatic carbocycles. The Bertz CT molecular complexity index is 1230. The molecule has 1 aliphatic rings. The van der Waals surface area contributed by atoms with Gasteiger partial charge in [0.25, 0.3) is 5.92 Å². The van der Waals surface area contributed by atoms with Crippen LogP contribution in [0.5, 0.6) is 0 Å². The van der Waals surface area contributed by atoms with E-state index in [2.05, 4.69) is 25.6 Å². The molecule has 36 heavy (non-hydrogen) atoms. The summed E-state index contributed by atoms with van der Waals surface area (Å²) >= 11 is 0. The summed E-state index contributed by atoms with van der Waals surface area (Å²) in [5, 5.41) is 5.46. The first-order valence-electron chi connectivity index (χ1n) is 11.2. The van der Waals surface area contributed by atoms with Gasteiger partial charge in [-0.2, -0.15) is 0 Å². The van der Waals surface area contributed by atoms with Crippen LogP contribution in [0, 0.1) is 11.2 Å². The predicted octanol–water partition coefficient (Wildman–Crippen LogP) is 4.16. The van der Waals surface area contributed by atoms with Crippen molar-refractivity contribution in [3.05, 3.63) is 77.9 Å². The Hall–Kier alpha value is -3.86. The van der Waals surface area contributed by atoms with Gasteiger partial charge >= 0.3 is 0 Å². The van der Waals surface area contributed by atoms with Crippen molar-refractivity contribution in [1.29, 1.82) is 0 Å². The zero-order chi connectivity index (χ0) is 25.8. The summed E-state index contributed by atoms with van der Waals surface area (Å²) in [6.07, 6.45) is 5.83. The summed E-state index contributed by atoms with van der Waals surface area (Å²) < 4.78 is 47.4. The second kappa shape index (κ2) is 10.4. The molecule has 1 amide bonds. The van der Waals surface area contributed by atoms with Crippen molar-refractivity contribution in [3.8, 4) is 0 Å². The van der Waals surface area contributed by atoms with Gasteiger partial charge in [0.1, 0.15) is 12.1 Å². The summed E-state index contributed by atoms with van der Waals surface area (Å²) in [4.78, 5) is 37.6. The normalized spacial score (nSPS) is 17.6. The largest absolute Gasteiger partial charge is 0.380 e. The number of carbonyl (C=O) groups excluding carboxylic acids is 2. The van der Waals surface area contributed by atoms with Crippen LogP contribution in [0.3, 0.4) is 0 Å². The number of pyridine rings is 1. The Kier molecular flexibility index (Phi) is 7.30. The standard InChI is InChI=1S/C25H24F3N5O3/c1-24(27,28)19-3-2-4-20(26)22(19)33-18-6-5-17(31-13-18)12-32-23(35)25(7-8-36-14-25)9-21(34)16-10-29-15-30-11-16/h2-6,10-11,13,15,33H,7-9,12,14H2,1H3,(H,32,35)/t25-/m0/s1. The predicted molar refractivity (Wildman–Crippen MR) is 124 cm³/mol. The number of para-hydroxylation sites is 1. The van der Waals surface area contributed by atoms with Crippen molar-refractivity contribution in [2.24, 2.45) is 5.41 Å². The number of Topliss-reactive ketones (excluding diaryl/α,β-unsaturated/α-hetero) is 1. The van der Waals surface area contributed by atoms with Gasteiger partial charge in [0.05, 0.1) is 47.4 Å². The molecule has 3 heterocycles. The minimum atomic E-state index is -3.24. The Morgan fingerprint density at radius 3 is 2.56 bits per heavy atom. The van der Waals surface area contributed by atoms with E-state index in [0.717, 1.165) is 12.1 Å². The minimum Gasteiger partial charge on any atom is -0.380 e. The number of ether oxygens (including phenoxy) is 1. The fourth-order valence-corrected chi connectivity index (χ4v) is 3.98. The smallest absolute Gasteiger partial charge is 0.272 e. The zero-order valence-electron chi connectivity index (χ0n) is 19.4. The Balaban J connectivity index is 1.41. The highest BCUT2D eigenvalue weighted by Gasteiger charge is 2.44. The number of amides is 1. The van der Waals surface area contributed by atoms with Crippen LogP contribution in [-0.2, 0) is 22.0 Å². The van der Waals surface area contributed by atoms with E-state index in [1.165, 1.54) is 31.0 Å². The van der Waals surface area contributed by atoms with E-state index >= 15 is 0 Å². The van der Waals surface area contributed by atoms with Gasteiger partial charge in [0.2, 0.25) is 5.91 Å². The third-order valence-corrected chi connectivity index (χ3v) is 5.98. The van der Waals surface area contributed by atoms with Crippen molar-refractivity contribution in [3.63, 3.8) is 0 Å². The first kappa shape index (κ1) is 25.2. The molecule has 1 atom stereocenters. The summed E-state index contributed by atoms with van der Waals surface area (Å²) in [6.45, 7) is 1.24. The fourth-order valence-electron chi connectivity index (χ4n) is 3.98. The summed E-state index contributed by atoms with van der Waals surface area (Å²) in [5.74, 6) is -4.65. The summed E-state index contributed by atoms with van der Waals surface area (Å²) in [6, 6.07) is 6.60. The van der Waals surface area contributed by atoms with E-state index in [9.17, 15) is 22.8 Å². The molecule has 188 valence electrons. The summed E-state index contributed by atoms with van der Waals surface area (Å²) in [5.41, 5.74) is -0.706. The molecule has 0 radical (unpaired) electrons. The van der Waals surface area contributed by atoms with E-state index in [4.69, 9.17) is 4.74 Å². The van der Waals surface area contributed by atoms with Crippen LogP contribution in [0.2, 0.25) is 0 Å². The molecule has 2 N–H and O–H groups in total. The van der Waals surface area contributed by atoms with Crippen LogP contribution in [0.15, 0.2) is 55.2 Å². The van der Waals surface area contributed by atoms with Crippen molar-refractivity contribution < 1.29 is 27.5 Å². The third kappa shape index (κ3) is 5.68. The lowest BCUT2D eigenvalue weighted by Gasteiger charge is -2.25. The number of carbonyl (C=O) groups is 2. The minimum absolute atomic E-state index is 0.0461. The molecule has 1 saturated heterocycles. The molecule has 3 aromatic rings. The second-order valence-electron chi connectivity index (χ2n) is 8.71. The number of aromatic nitrogens is 3. The topological polar surface area (TPSA) is 106 Å². The molecular weight excluding hydrogens is 475 g/mol. The molecule has 0 unspecified atom stereocenters. The van der Waals surface area contributed by atoms with Gasteiger partial charge in [0, 0.05) is 37.9 Å². The highest BCUT2D eigenvalue weighted by molar-refractivity contribution is 5.99. The van der Waals surface area contributed by atoms with Crippen LogP contribution in [0.1, 0.15) is 41.4 Å². The maximum atomic E-state index is 14.2. The SMILES string of the molecule is CC(F)(F)c1cccc(F)c1Nc1ccc(CNC(=O)[C@]2(CC(=O)c3cncnc3)CCOC2)nc1. The fraction of sp³-hybridized carbons (Fsp3) is 0.320. The van der Waals surface area contributed by atoms with Gasteiger partial charge in [-0.15, -0.1) is 0 Å². The molecule has 0 saturated carbocycles. The van der Waals surface area contributed by atoms with Gasteiger partial charge in [-0.05, 0) is 24.6 Å². The van der Waals surface area contributed by atoms with Gasteiger partial charge in [-0.3, -0.25) is 14.6 Å². The lowest BCUT2D eigenvalue weighted by atomic mass is 9.80. The van der Waals surface area contributed by atoms with Crippen LogP contribution < -0.4 is 10.6 Å². The molecule has 1 aromatic carbocycles. The molecule has 8 nitrogen and oxygen atoms in total. The third-order valence-electron chi connectivity index (χ3n) is 5.98. The molecule has 1 fully saturated rings. The number of halogens is 3. The van der Waals surface area contributed by atoms with E-state index in [1.54, 1.807) is 12.1 Å².